The summed E-state index contributed by atoms with van der Waals surface area (Å²) >= 11 is 7.44. The molecule has 2 heterocycles. The fourth-order valence-corrected chi connectivity index (χ4v) is 2.62. The van der Waals surface area contributed by atoms with Crippen LogP contribution in [0.3, 0.4) is 0 Å². The number of aromatic nitrogens is 2. The lowest BCUT2D eigenvalue weighted by molar-refractivity contribution is 0.0512. The zero-order valence-corrected chi connectivity index (χ0v) is 10.4. The number of hydrogen-bond donors (Lipinski definition) is 0. The first-order valence-corrected chi connectivity index (χ1v) is 5.97. The third-order valence-corrected chi connectivity index (χ3v) is 3.29. The summed E-state index contributed by atoms with van der Waals surface area (Å²) in [6.45, 7) is 3.95. The van der Waals surface area contributed by atoms with Crippen molar-refractivity contribution in [3.63, 3.8) is 0 Å². The molecule has 0 aliphatic carbocycles. The fraction of sp³-hybridized carbons (Fsp3) is 0.300. The molecule has 0 N–H and O–H groups in total. The summed E-state index contributed by atoms with van der Waals surface area (Å²) in [6, 6.07) is 0. The Morgan fingerprint density at radius 3 is 3.00 bits per heavy atom. The molecule has 16 heavy (non-hydrogen) atoms. The number of carbonyl (C=O) groups excluding carboxylic acids is 1. The molecule has 0 aromatic carbocycles. The van der Waals surface area contributed by atoms with Gasteiger partial charge in [-0.1, -0.05) is 11.6 Å². The van der Waals surface area contributed by atoms with Gasteiger partial charge in [0, 0.05) is 0 Å². The number of esters is 1. The van der Waals surface area contributed by atoms with Crippen molar-refractivity contribution in [3.05, 3.63) is 21.9 Å². The molecule has 0 saturated carbocycles. The van der Waals surface area contributed by atoms with Gasteiger partial charge in [-0.15, -0.1) is 11.3 Å². The van der Waals surface area contributed by atoms with Crippen LogP contribution >= 0.6 is 22.9 Å². The maximum Gasteiger partial charge on any atom is 0.376 e. The highest BCUT2D eigenvalue weighted by molar-refractivity contribution is 7.17. The van der Waals surface area contributed by atoms with Gasteiger partial charge in [-0.05, 0) is 24.8 Å². The number of hydrogen-bond acceptors (Lipinski definition) is 5. The van der Waals surface area contributed by atoms with Crippen LogP contribution in [0, 0.1) is 6.92 Å². The molecule has 84 valence electrons. The standard InChI is InChI=1S/C10H9ClN2O2S/c1-3-15-10(14)8-12-7(11)6-5(2)4-16-9(6)13-8/h4H,3H2,1-2H3. The van der Waals surface area contributed by atoms with Gasteiger partial charge in [-0.3, -0.25) is 0 Å². The molecule has 2 aromatic heterocycles. The van der Waals surface area contributed by atoms with Gasteiger partial charge in [-0.25, -0.2) is 14.8 Å². The topological polar surface area (TPSA) is 52.1 Å². The quantitative estimate of drug-likeness (QED) is 0.612. The van der Waals surface area contributed by atoms with Gasteiger partial charge in [0.25, 0.3) is 0 Å². The summed E-state index contributed by atoms with van der Waals surface area (Å²) in [5.41, 5.74) is 1.01. The fourth-order valence-electron chi connectivity index (χ4n) is 1.32. The number of carbonyl (C=O) groups is 1. The second-order valence-corrected chi connectivity index (χ2v) is 4.37. The molecule has 0 amide bonds. The van der Waals surface area contributed by atoms with Crippen molar-refractivity contribution in [1.82, 2.24) is 9.97 Å². The number of rotatable bonds is 2. The zero-order valence-electron chi connectivity index (χ0n) is 8.78. The zero-order chi connectivity index (χ0) is 11.7. The van der Waals surface area contributed by atoms with Gasteiger partial charge >= 0.3 is 5.97 Å². The third-order valence-electron chi connectivity index (χ3n) is 2.03. The normalized spacial score (nSPS) is 10.7. The Hall–Kier alpha value is -1.20. The molecule has 0 spiro atoms. The Morgan fingerprint density at radius 2 is 2.31 bits per heavy atom. The summed E-state index contributed by atoms with van der Waals surface area (Å²) < 4.78 is 4.82. The Bertz CT molecular complexity index is 553. The van der Waals surface area contributed by atoms with E-state index in [0.717, 1.165) is 10.9 Å². The lowest BCUT2D eigenvalue weighted by Gasteiger charge is -2.01. The minimum atomic E-state index is -0.544. The Balaban J connectivity index is 2.54. The highest BCUT2D eigenvalue weighted by Crippen LogP contribution is 2.29. The predicted molar refractivity (Wildman–Crippen MR) is 63.1 cm³/mol. The van der Waals surface area contributed by atoms with Gasteiger partial charge in [0.1, 0.15) is 9.98 Å². The van der Waals surface area contributed by atoms with Gasteiger partial charge in [0.2, 0.25) is 5.82 Å². The van der Waals surface area contributed by atoms with Gasteiger partial charge in [0.05, 0.1) is 12.0 Å². The number of fused-ring (bicyclic) bond motifs is 1. The van der Waals surface area contributed by atoms with Crippen molar-refractivity contribution < 1.29 is 9.53 Å². The minimum absolute atomic E-state index is 0.0150. The van der Waals surface area contributed by atoms with Crippen molar-refractivity contribution in [2.45, 2.75) is 13.8 Å². The van der Waals surface area contributed by atoms with E-state index in [1.165, 1.54) is 11.3 Å². The second-order valence-electron chi connectivity index (χ2n) is 3.16. The molecule has 6 heteroatoms. The number of nitrogens with zero attached hydrogens (tertiary/aromatic N) is 2. The van der Waals surface area contributed by atoms with Crippen LogP contribution in [0.2, 0.25) is 5.15 Å². The van der Waals surface area contributed by atoms with Crippen LogP contribution in [0.25, 0.3) is 10.2 Å². The predicted octanol–water partition coefficient (Wildman–Crippen LogP) is 2.83. The van der Waals surface area contributed by atoms with Crippen molar-refractivity contribution in [2.24, 2.45) is 0 Å². The van der Waals surface area contributed by atoms with E-state index in [0.29, 0.717) is 16.6 Å². The van der Waals surface area contributed by atoms with E-state index >= 15 is 0 Å². The molecule has 0 fully saturated rings. The minimum Gasteiger partial charge on any atom is -0.460 e. The maximum atomic E-state index is 11.4. The van der Waals surface area contributed by atoms with E-state index in [1.54, 1.807) is 6.92 Å². The molecular weight excluding hydrogens is 248 g/mol. The highest BCUT2D eigenvalue weighted by Gasteiger charge is 2.16. The summed E-state index contributed by atoms with van der Waals surface area (Å²) in [5, 5.41) is 3.03. The van der Waals surface area contributed by atoms with Crippen LogP contribution in [-0.2, 0) is 4.74 Å². The first kappa shape index (κ1) is 11.3. The van der Waals surface area contributed by atoms with E-state index in [4.69, 9.17) is 16.3 Å². The average Bonchev–Trinajstić information content (AvgIpc) is 2.61. The van der Waals surface area contributed by atoms with Gasteiger partial charge in [-0.2, -0.15) is 0 Å². The lowest BCUT2D eigenvalue weighted by atomic mass is 10.3. The Morgan fingerprint density at radius 1 is 1.56 bits per heavy atom. The largest absolute Gasteiger partial charge is 0.460 e. The van der Waals surface area contributed by atoms with Crippen LogP contribution in [0.15, 0.2) is 5.38 Å². The lowest BCUT2D eigenvalue weighted by Crippen LogP contribution is -2.09. The first-order valence-electron chi connectivity index (χ1n) is 4.72. The molecule has 0 aliphatic rings. The van der Waals surface area contributed by atoms with Crippen molar-refractivity contribution in [1.29, 1.82) is 0 Å². The van der Waals surface area contributed by atoms with Crippen LogP contribution in [0.1, 0.15) is 23.1 Å². The number of aryl methyl sites for hydroxylation is 1. The Kier molecular flexibility index (Phi) is 3.07. The van der Waals surface area contributed by atoms with Crippen molar-refractivity contribution in [2.75, 3.05) is 6.61 Å². The molecule has 0 saturated heterocycles. The van der Waals surface area contributed by atoms with Crippen LogP contribution < -0.4 is 0 Å². The monoisotopic (exact) mass is 256 g/mol. The van der Waals surface area contributed by atoms with Crippen LogP contribution in [0.5, 0.6) is 0 Å². The molecule has 0 atom stereocenters. The average molecular weight is 257 g/mol. The van der Waals surface area contributed by atoms with E-state index in [9.17, 15) is 4.79 Å². The maximum absolute atomic E-state index is 11.4. The van der Waals surface area contributed by atoms with E-state index in [-0.39, 0.29) is 5.82 Å². The Labute approximate surface area is 101 Å². The van der Waals surface area contributed by atoms with Crippen LogP contribution in [0.4, 0.5) is 0 Å². The summed E-state index contributed by atoms with van der Waals surface area (Å²) in [4.78, 5) is 20.2. The van der Waals surface area contributed by atoms with Crippen LogP contribution in [-0.4, -0.2) is 22.5 Å². The van der Waals surface area contributed by atoms with E-state index in [1.807, 2.05) is 12.3 Å². The molecule has 0 unspecified atom stereocenters. The number of thiophene rings is 1. The molecule has 0 radical (unpaired) electrons. The van der Waals surface area contributed by atoms with E-state index in [2.05, 4.69) is 9.97 Å². The smallest absolute Gasteiger partial charge is 0.376 e. The molecular formula is C10H9ClN2O2S. The molecule has 2 aromatic rings. The van der Waals surface area contributed by atoms with Gasteiger partial charge in [0.15, 0.2) is 0 Å². The number of halogens is 1. The van der Waals surface area contributed by atoms with Crippen molar-refractivity contribution in [3.8, 4) is 0 Å². The third kappa shape index (κ3) is 1.88. The highest BCUT2D eigenvalue weighted by atomic mass is 35.5. The summed E-state index contributed by atoms with van der Waals surface area (Å²) in [6.07, 6.45) is 0. The molecule has 2 rings (SSSR count). The van der Waals surface area contributed by atoms with Gasteiger partial charge < -0.3 is 4.74 Å². The summed E-state index contributed by atoms with van der Waals surface area (Å²) in [5.74, 6) is -0.529. The number of ether oxygens (including phenoxy) is 1. The van der Waals surface area contributed by atoms with Crippen molar-refractivity contribution >= 4 is 39.1 Å². The molecule has 0 bridgehead atoms. The summed E-state index contributed by atoms with van der Waals surface area (Å²) in [7, 11) is 0. The second kappa shape index (κ2) is 4.35. The molecule has 0 aliphatic heterocycles. The SMILES string of the molecule is CCOC(=O)c1nc(Cl)c2c(C)csc2n1. The first-order chi connectivity index (χ1) is 7.63. The molecule has 4 nitrogen and oxygen atoms in total. The van der Waals surface area contributed by atoms with E-state index < -0.39 is 5.97 Å².